The molecule has 0 radical (unpaired) electrons. The molecule has 0 saturated carbocycles. The Bertz CT molecular complexity index is 183. The molecular weight excluding hydrogens is 204 g/mol. The Morgan fingerprint density at radius 2 is 1.21 bits per heavy atom. The molecule has 0 rings (SSSR count). The van der Waals surface area contributed by atoms with Crippen molar-refractivity contribution in [2.45, 2.75) is 0 Å². The minimum Gasteiger partial charge on any atom is -0.554 e. The molecule has 0 amide bonds. The van der Waals surface area contributed by atoms with E-state index in [4.69, 9.17) is 44.7 Å². The largest absolute Gasteiger partial charge is 0.554 e. The second kappa shape index (κ2) is 13.4. The summed E-state index contributed by atoms with van der Waals surface area (Å²) in [5, 5.41) is 42.6. The number of aliphatic hydroxyl groups excluding tert-OH is 1. The summed E-state index contributed by atoms with van der Waals surface area (Å²) in [5.41, 5.74) is 0. The molecule has 0 spiro atoms. The summed E-state index contributed by atoms with van der Waals surface area (Å²) in [7, 11) is 0. The molecule has 0 atom stereocenters. The quantitative estimate of drug-likeness (QED) is 0.323. The van der Waals surface area contributed by atoms with E-state index in [9.17, 15) is 0 Å². The molecule has 9 nitrogen and oxygen atoms in total. The highest BCUT2D eigenvalue weighted by Gasteiger charge is 1.75. The van der Waals surface area contributed by atoms with Crippen LogP contribution in [0.4, 0.5) is 0 Å². The van der Waals surface area contributed by atoms with Crippen LogP contribution in [0, 0.1) is 0 Å². The minimum atomic E-state index is -2.19. The van der Waals surface area contributed by atoms with Crippen molar-refractivity contribution in [3.8, 4) is 0 Å². The second-order valence-electron chi connectivity index (χ2n) is 1.20. The summed E-state index contributed by atoms with van der Waals surface area (Å²) < 4.78 is 0. The molecule has 0 fully saturated rings. The van der Waals surface area contributed by atoms with Crippen LogP contribution in [0.3, 0.4) is 0 Å². The summed E-state index contributed by atoms with van der Waals surface area (Å²) in [5.74, 6) is -5.81. The molecule has 0 aliphatic heterocycles. The molecule has 0 aromatic rings. The lowest BCUT2D eigenvalue weighted by atomic mass is 10.7. The molecule has 0 aliphatic carbocycles. The van der Waals surface area contributed by atoms with Crippen molar-refractivity contribution >= 4 is 24.4 Å². The predicted molar refractivity (Wildman–Crippen MR) is 28.2 cm³/mol. The van der Waals surface area contributed by atoms with Crippen molar-refractivity contribution in [1.29, 1.82) is 0 Å². The van der Waals surface area contributed by atoms with Gasteiger partial charge in [0, 0.05) is 6.47 Å². The van der Waals surface area contributed by atoms with Gasteiger partial charge in [-0.05, 0) is 0 Å². The van der Waals surface area contributed by atoms with Crippen LogP contribution in [0.2, 0.25) is 0 Å². The van der Waals surface area contributed by atoms with Crippen LogP contribution in [-0.4, -0.2) is 36.1 Å². The monoisotopic (exact) mass is 208 g/mol. The van der Waals surface area contributed by atoms with E-state index < -0.39 is 31.0 Å². The number of rotatable bonds is 1. The smallest absolute Gasteiger partial charge is 0.0870 e. The van der Waals surface area contributed by atoms with Crippen LogP contribution in [0.5, 0.6) is 0 Å². The molecule has 82 valence electrons. The highest BCUT2D eigenvalue weighted by atomic mass is 16.4. The fraction of sp³-hybridized carbons (Fsp3) is 0.200. The number of carbonyl (C=O) groups excluding carboxylic acids is 4. The van der Waals surface area contributed by atoms with E-state index in [-0.39, 0.29) is 0 Å². The number of carbonyl (C=O) groups is 4. The average Bonchev–Trinajstić information content (AvgIpc) is 2.06. The number of hydrogen-bond donors (Lipinski definition) is 1. The lowest BCUT2D eigenvalue weighted by molar-refractivity contribution is -0.345. The zero-order valence-corrected chi connectivity index (χ0v) is 6.50. The van der Waals surface area contributed by atoms with Gasteiger partial charge in [-0.25, -0.2) is 0 Å². The van der Waals surface area contributed by atoms with Crippen LogP contribution in [0.1, 0.15) is 0 Å². The third-order valence-electron chi connectivity index (χ3n) is 0.296. The molecule has 0 bridgehead atoms. The van der Waals surface area contributed by atoms with Crippen LogP contribution in [-0.2, 0) is 19.2 Å². The standard InChI is InChI=1S/C2H2O4.C2H4O3.CH2O2/c3-1(4)2(5)6;3-1-2(4)5;2-1-3/h(H,3,4)(H,5,6);3H,1H2,(H,4,5);1H,(H,2,3)/p-4. The Kier molecular flexibility index (Phi) is 17.1. The van der Waals surface area contributed by atoms with Crippen LogP contribution < -0.4 is 20.4 Å². The molecule has 14 heavy (non-hydrogen) atoms. The molecule has 9 heteroatoms. The summed E-state index contributed by atoms with van der Waals surface area (Å²) in [6.45, 7) is -1.39. The maximum Gasteiger partial charge on any atom is 0.0870 e. The van der Waals surface area contributed by atoms with Crippen molar-refractivity contribution in [3.63, 3.8) is 0 Å². The van der Waals surface area contributed by atoms with Crippen molar-refractivity contribution in [1.82, 2.24) is 0 Å². The van der Waals surface area contributed by atoms with E-state index in [0.717, 1.165) is 0 Å². The Morgan fingerprint density at radius 3 is 1.21 bits per heavy atom. The Balaban J connectivity index is -0.000000138. The number of aliphatic hydroxyl groups is 1. The first-order valence-corrected chi connectivity index (χ1v) is 2.62. The van der Waals surface area contributed by atoms with Gasteiger partial charge in [0.1, 0.15) is 0 Å². The summed E-state index contributed by atoms with van der Waals surface area (Å²) in [6, 6.07) is 0. The first-order valence-electron chi connectivity index (χ1n) is 2.62. The number of carboxylic acids is 3. The predicted octanol–water partition coefficient (Wildman–Crippen LogP) is -7.42. The maximum atomic E-state index is 9.01. The Hall–Kier alpha value is -2.16. The molecule has 0 aromatic carbocycles. The van der Waals surface area contributed by atoms with Gasteiger partial charge in [-0.3, -0.25) is 0 Å². The molecular formula is C5H4O9-4. The molecule has 0 saturated heterocycles. The van der Waals surface area contributed by atoms with E-state index in [1.165, 1.54) is 0 Å². The maximum absolute atomic E-state index is 9.01. The van der Waals surface area contributed by atoms with Gasteiger partial charge in [0.25, 0.3) is 0 Å². The van der Waals surface area contributed by atoms with E-state index in [0.29, 0.717) is 0 Å². The van der Waals surface area contributed by atoms with Gasteiger partial charge >= 0.3 is 0 Å². The van der Waals surface area contributed by atoms with Crippen molar-refractivity contribution < 1.29 is 44.7 Å². The molecule has 1 N–H and O–H groups in total. The van der Waals surface area contributed by atoms with Crippen molar-refractivity contribution in [3.05, 3.63) is 0 Å². The fourth-order valence-corrected chi connectivity index (χ4v) is 0. The van der Waals surface area contributed by atoms with Gasteiger partial charge in [-0.15, -0.1) is 0 Å². The zero-order valence-electron chi connectivity index (χ0n) is 6.50. The zero-order chi connectivity index (χ0) is 12.1. The lowest BCUT2D eigenvalue weighted by Crippen LogP contribution is -2.42. The minimum absolute atomic E-state index is 0.500. The molecule has 0 aliphatic rings. The number of carboxylic acid groups (broad SMARTS) is 4. The lowest BCUT2D eigenvalue weighted by Gasteiger charge is -1.97. The van der Waals surface area contributed by atoms with Crippen molar-refractivity contribution in [2.24, 2.45) is 0 Å². The van der Waals surface area contributed by atoms with E-state index in [2.05, 4.69) is 0 Å². The highest BCUT2D eigenvalue weighted by Crippen LogP contribution is 1.41. The van der Waals surface area contributed by atoms with E-state index in [1.54, 1.807) is 0 Å². The van der Waals surface area contributed by atoms with E-state index >= 15 is 0 Å². The van der Waals surface area contributed by atoms with Gasteiger partial charge < -0.3 is 44.7 Å². The second-order valence-corrected chi connectivity index (χ2v) is 1.20. The van der Waals surface area contributed by atoms with Gasteiger partial charge in [-0.2, -0.15) is 0 Å². The van der Waals surface area contributed by atoms with Crippen LogP contribution >= 0.6 is 0 Å². The third kappa shape index (κ3) is 52.1. The van der Waals surface area contributed by atoms with E-state index in [1.807, 2.05) is 0 Å². The Labute approximate surface area is 76.8 Å². The van der Waals surface area contributed by atoms with Crippen molar-refractivity contribution in [2.75, 3.05) is 6.61 Å². The summed E-state index contributed by atoms with van der Waals surface area (Å²) >= 11 is 0. The average molecular weight is 208 g/mol. The van der Waals surface area contributed by atoms with Gasteiger partial charge in [0.2, 0.25) is 0 Å². The third-order valence-corrected chi connectivity index (χ3v) is 0.296. The number of aliphatic carboxylic acids is 3. The first kappa shape index (κ1) is 17.8. The molecule has 0 heterocycles. The molecule has 0 unspecified atom stereocenters. The SMILES string of the molecule is O=C([O-])C(=O)[O-].O=C([O-])CO.O=C[O-]. The first-order chi connectivity index (χ1) is 6.33. The highest BCUT2D eigenvalue weighted by molar-refractivity contribution is 6.25. The van der Waals surface area contributed by atoms with Gasteiger partial charge in [0.15, 0.2) is 0 Å². The van der Waals surface area contributed by atoms with Gasteiger partial charge in [-0.1, -0.05) is 0 Å². The summed E-state index contributed by atoms with van der Waals surface area (Å²) in [6.07, 6.45) is 0. The molecule has 0 aromatic heterocycles. The summed E-state index contributed by atoms with van der Waals surface area (Å²) in [4.78, 5) is 35.1. The van der Waals surface area contributed by atoms with Crippen LogP contribution in [0.15, 0.2) is 0 Å². The normalized spacial score (nSPS) is 6.64. The van der Waals surface area contributed by atoms with Crippen LogP contribution in [0.25, 0.3) is 0 Å². The number of hydrogen-bond acceptors (Lipinski definition) is 9. The fourth-order valence-electron chi connectivity index (χ4n) is 0. The van der Waals surface area contributed by atoms with Gasteiger partial charge in [0.05, 0.1) is 24.5 Å². The Morgan fingerprint density at radius 1 is 1.07 bits per heavy atom. The topological polar surface area (TPSA) is 181 Å².